The highest BCUT2D eigenvalue weighted by Gasteiger charge is 2.12. The number of aryl methyl sites for hydroxylation is 1. The number of fused-ring (bicyclic) bond motifs is 1. The summed E-state index contributed by atoms with van der Waals surface area (Å²) in [7, 11) is 1.86. The van der Waals surface area contributed by atoms with Crippen molar-refractivity contribution in [1.82, 2.24) is 9.99 Å². The minimum absolute atomic E-state index is 0.263. The quantitative estimate of drug-likeness (QED) is 0.512. The van der Waals surface area contributed by atoms with E-state index in [1.54, 1.807) is 6.21 Å². The van der Waals surface area contributed by atoms with E-state index in [1.807, 2.05) is 74.0 Å². The van der Waals surface area contributed by atoms with Gasteiger partial charge in [0.1, 0.15) is 5.69 Å². The molecule has 0 fully saturated rings. The van der Waals surface area contributed by atoms with Crippen LogP contribution in [-0.2, 0) is 7.05 Å². The topological polar surface area (TPSA) is 64.8 Å². The van der Waals surface area contributed by atoms with E-state index in [9.17, 15) is 4.79 Å². The molecule has 0 unspecified atom stereocenters. The molecule has 140 valence electrons. The van der Waals surface area contributed by atoms with Gasteiger partial charge in [-0.05, 0) is 49.7 Å². The van der Waals surface area contributed by atoms with Crippen molar-refractivity contribution in [2.45, 2.75) is 13.8 Å². The van der Waals surface area contributed by atoms with E-state index in [2.05, 4.69) is 10.5 Å². The molecule has 1 heterocycles. The van der Waals surface area contributed by atoms with Gasteiger partial charge in [-0.1, -0.05) is 18.2 Å². The molecule has 0 radical (unpaired) electrons. The van der Waals surface area contributed by atoms with Crippen molar-refractivity contribution in [3.63, 3.8) is 0 Å². The summed E-state index contributed by atoms with van der Waals surface area (Å²) in [6, 6.07) is 15.2. The van der Waals surface area contributed by atoms with Gasteiger partial charge in [0.15, 0.2) is 11.5 Å². The second-order valence-corrected chi connectivity index (χ2v) is 5.92. The highest BCUT2D eigenvalue weighted by Crippen LogP contribution is 2.28. The van der Waals surface area contributed by atoms with Crippen molar-refractivity contribution in [2.75, 3.05) is 13.2 Å². The van der Waals surface area contributed by atoms with Crippen molar-refractivity contribution in [3.05, 3.63) is 59.8 Å². The summed E-state index contributed by atoms with van der Waals surface area (Å²) in [6.45, 7) is 4.95. The lowest BCUT2D eigenvalue weighted by Gasteiger charge is -2.11. The SMILES string of the molecule is CCOc1ccc(/C=N/NC(=O)c2cc3ccccc3n2C)cc1OCC. The van der Waals surface area contributed by atoms with E-state index in [0.29, 0.717) is 30.4 Å². The first-order valence-electron chi connectivity index (χ1n) is 8.91. The van der Waals surface area contributed by atoms with Crippen molar-refractivity contribution >= 4 is 23.0 Å². The van der Waals surface area contributed by atoms with E-state index in [0.717, 1.165) is 16.5 Å². The standard InChI is InChI=1S/C21H23N3O3/c1-4-26-19-11-10-15(12-20(19)27-5-2)14-22-23-21(25)18-13-16-8-6-7-9-17(16)24(18)3/h6-14H,4-5H2,1-3H3,(H,23,25)/b22-14+. The molecule has 0 atom stereocenters. The number of para-hydroxylation sites is 1. The lowest BCUT2D eigenvalue weighted by molar-refractivity contribution is 0.0947. The van der Waals surface area contributed by atoms with Crippen LogP contribution >= 0.6 is 0 Å². The molecule has 0 saturated carbocycles. The van der Waals surface area contributed by atoms with Gasteiger partial charge in [0.2, 0.25) is 0 Å². The van der Waals surface area contributed by atoms with E-state index in [-0.39, 0.29) is 5.91 Å². The molecule has 0 aliphatic heterocycles. The Morgan fingerprint density at radius 2 is 1.81 bits per heavy atom. The van der Waals surface area contributed by atoms with Gasteiger partial charge in [0.05, 0.1) is 19.4 Å². The van der Waals surface area contributed by atoms with Crippen LogP contribution in [0.2, 0.25) is 0 Å². The average Bonchev–Trinajstić information content (AvgIpc) is 3.01. The number of rotatable bonds is 7. The molecule has 2 aromatic carbocycles. The van der Waals surface area contributed by atoms with E-state index in [4.69, 9.17) is 9.47 Å². The number of aromatic nitrogens is 1. The molecule has 6 heteroatoms. The number of carbonyl (C=O) groups excluding carboxylic acids is 1. The highest BCUT2D eigenvalue weighted by atomic mass is 16.5. The fourth-order valence-corrected chi connectivity index (χ4v) is 2.88. The molecule has 0 bridgehead atoms. The number of nitrogens with zero attached hydrogens (tertiary/aromatic N) is 2. The van der Waals surface area contributed by atoms with Gasteiger partial charge in [-0.3, -0.25) is 4.79 Å². The average molecular weight is 365 g/mol. The summed E-state index contributed by atoms with van der Waals surface area (Å²) in [5.74, 6) is 1.08. The second-order valence-electron chi connectivity index (χ2n) is 5.92. The first kappa shape index (κ1) is 18.5. The summed E-state index contributed by atoms with van der Waals surface area (Å²) < 4.78 is 13.0. The number of hydrogen-bond acceptors (Lipinski definition) is 4. The van der Waals surface area contributed by atoms with Gasteiger partial charge < -0.3 is 14.0 Å². The highest BCUT2D eigenvalue weighted by molar-refractivity contribution is 5.99. The Kier molecular flexibility index (Phi) is 5.76. The number of ether oxygens (including phenoxy) is 2. The smallest absolute Gasteiger partial charge is 0.287 e. The van der Waals surface area contributed by atoms with Crippen LogP contribution in [0.1, 0.15) is 29.9 Å². The molecule has 3 aromatic rings. The Balaban J connectivity index is 1.73. The third-order valence-corrected chi connectivity index (χ3v) is 4.13. The van der Waals surface area contributed by atoms with Crippen LogP contribution in [-0.4, -0.2) is 29.9 Å². The van der Waals surface area contributed by atoms with Gasteiger partial charge in [-0.2, -0.15) is 5.10 Å². The zero-order valence-electron chi connectivity index (χ0n) is 15.7. The fraction of sp³-hybridized carbons (Fsp3) is 0.238. The molecule has 6 nitrogen and oxygen atoms in total. The Hall–Kier alpha value is -3.28. The van der Waals surface area contributed by atoms with Gasteiger partial charge in [-0.15, -0.1) is 0 Å². The first-order chi connectivity index (χ1) is 13.1. The second kappa shape index (κ2) is 8.40. The predicted molar refractivity (Wildman–Crippen MR) is 107 cm³/mol. The van der Waals surface area contributed by atoms with Crippen molar-refractivity contribution in [2.24, 2.45) is 12.1 Å². The van der Waals surface area contributed by atoms with E-state index >= 15 is 0 Å². The zero-order chi connectivity index (χ0) is 19.2. The maximum atomic E-state index is 12.4. The molecule has 0 aliphatic carbocycles. The third-order valence-electron chi connectivity index (χ3n) is 4.13. The number of amides is 1. The third kappa shape index (κ3) is 4.11. The van der Waals surface area contributed by atoms with Crippen molar-refractivity contribution in [1.29, 1.82) is 0 Å². The molecule has 1 amide bonds. The minimum atomic E-state index is -0.263. The number of carbonyl (C=O) groups is 1. The van der Waals surface area contributed by atoms with Crippen LogP contribution in [0.25, 0.3) is 10.9 Å². The van der Waals surface area contributed by atoms with Crippen LogP contribution in [0, 0.1) is 0 Å². The maximum absolute atomic E-state index is 12.4. The largest absolute Gasteiger partial charge is 0.490 e. The van der Waals surface area contributed by atoms with Crippen LogP contribution in [0.4, 0.5) is 0 Å². The molecular formula is C21H23N3O3. The van der Waals surface area contributed by atoms with Crippen LogP contribution < -0.4 is 14.9 Å². The molecule has 0 saturated heterocycles. The van der Waals surface area contributed by atoms with Crippen LogP contribution in [0.3, 0.4) is 0 Å². The Labute approximate surface area is 158 Å². The normalized spacial score (nSPS) is 11.1. The molecular weight excluding hydrogens is 342 g/mol. The molecule has 3 rings (SSSR count). The predicted octanol–water partition coefficient (Wildman–Crippen LogP) is 3.74. The summed E-state index contributed by atoms with van der Waals surface area (Å²) in [6.07, 6.45) is 1.58. The molecule has 1 aromatic heterocycles. The molecule has 27 heavy (non-hydrogen) atoms. The fourth-order valence-electron chi connectivity index (χ4n) is 2.88. The summed E-state index contributed by atoms with van der Waals surface area (Å²) in [5.41, 5.74) is 4.93. The van der Waals surface area contributed by atoms with Crippen LogP contribution in [0.15, 0.2) is 53.6 Å². The van der Waals surface area contributed by atoms with Crippen LogP contribution in [0.5, 0.6) is 11.5 Å². The molecule has 1 N–H and O–H groups in total. The Morgan fingerprint density at radius 3 is 2.56 bits per heavy atom. The van der Waals surface area contributed by atoms with E-state index < -0.39 is 0 Å². The maximum Gasteiger partial charge on any atom is 0.287 e. The number of hydrazone groups is 1. The van der Waals surface area contributed by atoms with Gasteiger partial charge >= 0.3 is 0 Å². The first-order valence-corrected chi connectivity index (χ1v) is 8.91. The summed E-state index contributed by atoms with van der Waals surface area (Å²) >= 11 is 0. The number of hydrogen-bond donors (Lipinski definition) is 1. The van der Waals surface area contributed by atoms with Gasteiger partial charge in [0.25, 0.3) is 5.91 Å². The van der Waals surface area contributed by atoms with Crippen molar-refractivity contribution < 1.29 is 14.3 Å². The minimum Gasteiger partial charge on any atom is -0.490 e. The summed E-state index contributed by atoms with van der Waals surface area (Å²) in [4.78, 5) is 12.4. The van der Waals surface area contributed by atoms with Gasteiger partial charge in [0, 0.05) is 18.0 Å². The lowest BCUT2D eigenvalue weighted by atomic mass is 10.2. The zero-order valence-corrected chi connectivity index (χ0v) is 15.7. The van der Waals surface area contributed by atoms with E-state index in [1.165, 1.54) is 0 Å². The Morgan fingerprint density at radius 1 is 1.07 bits per heavy atom. The Bertz CT molecular complexity index is 976. The summed E-state index contributed by atoms with van der Waals surface area (Å²) in [5, 5.41) is 5.09. The van der Waals surface area contributed by atoms with Crippen molar-refractivity contribution in [3.8, 4) is 11.5 Å². The molecule has 0 aliphatic rings. The number of nitrogens with one attached hydrogen (secondary N) is 1. The van der Waals surface area contributed by atoms with Gasteiger partial charge in [-0.25, -0.2) is 5.43 Å². The monoisotopic (exact) mass is 365 g/mol. The number of benzene rings is 2. The molecule has 0 spiro atoms. The lowest BCUT2D eigenvalue weighted by Crippen LogP contribution is -2.20.